The molecule has 1 aliphatic carbocycles. The fourth-order valence-corrected chi connectivity index (χ4v) is 3.19. The molecule has 18 heavy (non-hydrogen) atoms. The third kappa shape index (κ3) is 3.14. The zero-order valence-corrected chi connectivity index (χ0v) is 12.0. The lowest BCUT2D eigenvalue weighted by atomic mass is 9.86. The average Bonchev–Trinajstić information content (AvgIpc) is 2.76. The van der Waals surface area contributed by atoms with Gasteiger partial charge in [0, 0.05) is 18.3 Å². The van der Waals surface area contributed by atoms with Gasteiger partial charge in [-0.25, -0.2) is 4.98 Å². The van der Waals surface area contributed by atoms with Crippen LogP contribution >= 0.6 is 0 Å². The van der Waals surface area contributed by atoms with Gasteiger partial charge < -0.3 is 10.3 Å². The second-order valence-corrected chi connectivity index (χ2v) is 6.39. The van der Waals surface area contributed by atoms with Crippen LogP contribution in [0.2, 0.25) is 0 Å². The number of aromatic nitrogens is 2. The highest BCUT2D eigenvalue weighted by Gasteiger charge is 2.23. The van der Waals surface area contributed by atoms with Gasteiger partial charge >= 0.3 is 0 Å². The number of nitrogens with two attached hydrogens (primary N) is 1. The van der Waals surface area contributed by atoms with E-state index in [1.165, 1.54) is 31.4 Å². The van der Waals surface area contributed by atoms with Gasteiger partial charge in [-0.3, -0.25) is 0 Å². The van der Waals surface area contributed by atoms with Crippen molar-refractivity contribution < 1.29 is 0 Å². The molecule has 1 aromatic rings. The molecular formula is C15H27N3. The highest BCUT2D eigenvalue weighted by atomic mass is 15.1. The minimum Gasteiger partial charge on any atom is -0.330 e. The first kappa shape index (κ1) is 13.6. The Balaban J connectivity index is 2.11. The van der Waals surface area contributed by atoms with Gasteiger partial charge in [0.05, 0.1) is 12.0 Å². The third-order valence-corrected chi connectivity index (χ3v) is 4.10. The van der Waals surface area contributed by atoms with Crippen LogP contribution in [-0.2, 0) is 0 Å². The molecule has 1 aromatic heterocycles. The Kier molecular flexibility index (Phi) is 4.44. The molecular weight excluding hydrogens is 222 g/mol. The smallest absolute Gasteiger partial charge is 0.0951 e. The maximum Gasteiger partial charge on any atom is 0.0951 e. The van der Waals surface area contributed by atoms with E-state index < -0.39 is 0 Å². The molecule has 1 aliphatic rings. The summed E-state index contributed by atoms with van der Waals surface area (Å²) in [5.74, 6) is 1.47. The molecule has 0 saturated heterocycles. The number of nitrogens with zero attached hydrogens (tertiary/aromatic N) is 2. The topological polar surface area (TPSA) is 43.8 Å². The van der Waals surface area contributed by atoms with Crippen molar-refractivity contribution in [3.05, 3.63) is 18.2 Å². The molecule has 0 radical (unpaired) electrons. The van der Waals surface area contributed by atoms with Crippen molar-refractivity contribution in [2.75, 3.05) is 0 Å². The Bertz CT molecular complexity index is 370. The van der Waals surface area contributed by atoms with Crippen LogP contribution in [0.3, 0.4) is 0 Å². The van der Waals surface area contributed by atoms with Gasteiger partial charge in [-0.05, 0) is 31.1 Å². The van der Waals surface area contributed by atoms with Gasteiger partial charge in [0.2, 0.25) is 0 Å². The normalized spacial score (nSPS) is 26.5. The molecule has 0 aliphatic heterocycles. The van der Waals surface area contributed by atoms with Crippen molar-refractivity contribution in [3.63, 3.8) is 0 Å². The number of rotatable bonds is 4. The summed E-state index contributed by atoms with van der Waals surface area (Å²) in [4.78, 5) is 4.33. The molecule has 1 heterocycles. The Hall–Kier alpha value is -0.830. The van der Waals surface area contributed by atoms with Crippen LogP contribution in [-0.4, -0.2) is 9.55 Å². The molecule has 1 fully saturated rings. The Morgan fingerprint density at radius 3 is 2.89 bits per heavy atom. The summed E-state index contributed by atoms with van der Waals surface area (Å²) in [6.07, 6.45) is 10.2. The Morgan fingerprint density at radius 2 is 2.22 bits per heavy atom. The van der Waals surface area contributed by atoms with Crippen LogP contribution in [0.5, 0.6) is 0 Å². The molecule has 0 bridgehead atoms. The molecule has 2 N–H and O–H groups in total. The van der Waals surface area contributed by atoms with E-state index in [1.807, 2.05) is 12.5 Å². The van der Waals surface area contributed by atoms with E-state index in [9.17, 15) is 0 Å². The van der Waals surface area contributed by atoms with Crippen molar-refractivity contribution in [2.24, 2.45) is 17.6 Å². The fourth-order valence-electron chi connectivity index (χ4n) is 3.19. The molecule has 1 saturated carbocycles. The first-order valence-corrected chi connectivity index (χ1v) is 7.35. The average molecular weight is 249 g/mol. The van der Waals surface area contributed by atoms with E-state index >= 15 is 0 Å². The first-order valence-electron chi connectivity index (χ1n) is 7.35. The maximum absolute atomic E-state index is 6.32. The van der Waals surface area contributed by atoms with Crippen molar-refractivity contribution in [3.8, 4) is 0 Å². The minimum atomic E-state index is 0.129. The van der Waals surface area contributed by atoms with Crippen LogP contribution < -0.4 is 5.73 Å². The largest absolute Gasteiger partial charge is 0.330 e. The van der Waals surface area contributed by atoms with Crippen molar-refractivity contribution in [2.45, 2.75) is 65.0 Å². The minimum absolute atomic E-state index is 0.129. The molecule has 3 nitrogen and oxygen atoms in total. The van der Waals surface area contributed by atoms with Gasteiger partial charge in [-0.15, -0.1) is 0 Å². The first-order chi connectivity index (χ1) is 8.58. The summed E-state index contributed by atoms with van der Waals surface area (Å²) < 4.78 is 2.35. The molecule has 3 heteroatoms. The zero-order chi connectivity index (χ0) is 13.1. The second-order valence-electron chi connectivity index (χ2n) is 6.39. The summed E-state index contributed by atoms with van der Waals surface area (Å²) >= 11 is 0. The van der Waals surface area contributed by atoms with Gasteiger partial charge in [0.25, 0.3) is 0 Å². The fraction of sp³-hybridized carbons (Fsp3) is 0.800. The lowest BCUT2D eigenvalue weighted by Gasteiger charge is -2.30. The predicted octanol–water partition coefficient (Wildman–Crippen LogP) is 3.68. The molecule has 3 atom stereocenters. The van der Waals surface area contributed by atoms with Crippen LogP contribution in [0.25, 0.3) is 0 Å². The third-order valence-electron chi connectivity index (χ3n) is 4.10. The quantitative estimate of drug-likeness (QED) is 0.884. The van der Waals surface area contributed by atoms with Gasteiger partial charge in [0.1, 0.15) is 0 Å². The molecule has 3 unspecified atom stereocenters. The molecule has 102 valence electrons. The van der Waals surface area contributed by atoms with E-state index in [2.05, 4.69) is 30.3 Å². The lowest BCUT2D eigenvalue weighted by molar-refractivity contribution is 0.274. The summed E-state index contributed by atoms with van der Waals surface area (Å²) in [7, 11) is 0. The van der Waals surface area contributed by atoms with Crippen molar-refractivity contribution in [1.29, 1.82) is 0 Å². The summed E-state index contributed by atoms with van der Waals surface area (Å²) in [5, 5.41) is 0. The van der Waals surface area contributed by atoms with Crippen LogP contribution in [0.1, 0.15) is 70.7 Å². The monoisotopic (exact) mass is 249 g/mol. The number of hydrogen-bond donors (Lipinski definition) is 1. The van der Waals surface area contributed by atoms with E-state index in [4.69, 9.17) is 5.73 Å². The molecule has 0 amide bonds. The summed E-state index contributed by atoms with van der Waals surface area (Å²) in [6.45, 7) is 6.81. The summed E-state index contributed by atoms with van der Waals surface area (Å²) in [6, 6.07) is 0.745. The predicted molar refractivity (Wildman–Crippen MR) is 75.3 cm³/mol. The molecule has 2 rings (SSSR count). The van der Waals surface area contributed by atoms with Crippen molar-refractivity contribution in [1.82, 2.24) is 9.55 Å². The lowest BCUT2D eigenvalue weighted by Crippen LogP contribution is -2.23. The zero-order valence-electron chi connectivity index (χ0n) is 12.0. The summed E-state index contributed by atoms with van der Waals surface area (Å²) in [5.41, 5.74) is 7.55. The molecule has 0 aromatic carbocycles. The van der Waals surface area contributed by atoms with Crippen LogP contribution in [0, 0.1) is 11.8 Å². The van der Waals surface area contributed by atoms with E-state index in [-0.39, 0.29) is 6.04 Å². The maximum atomic E-state index is 6.32. The highest BCUT2D eigenvalue weighted by molar-refractivity contribution is 5.06. The van der Waals surface area contributed by atoms with Crippen molar-refractivity contribution >= 4 is 0 Å². The van der Waals surface area contributed by atoms with E-state index in [1.54, 1.807) is 0 Å². The second kappa shape index (κ2) is 5.87. The molecule has 0 spiro atoms. The van der Waals surface area contributed by atoms with Crippen LogP contribution in [0.4, 0.5) is 0 Å². The number of imidazole rings is 1. The van der Waals surface area contributed by atoms with E-state index in [0.29, 0.717) is 12.0 Å². The highest BCUT2D eigenvalue weighted by Crippen LogP contribution is 2.34. The number of hydrogen-bond acceptors (Lipinski definition) is 2. The SMILES string of the molecule is CC(C)CC(N)c1cncn1C1CCCC(C)C1. The van der Waals surface area contributed by atoms with Gasteiger partial charge in [-0.2, -0.15) is 0 Å². The van der Waals surface area contributed by atoms with E-state index in [0.717, 1.165) is 12.3 Å². The Labute approximate surface area is 111 Å². The Morgan fingerprint density at radius 1 is 1.44 bits per heavy atom. The van der Waals surface area contributed by atoms with Crippen LogP contribution in [0.15, 0.2) is 12.5 Å². The van der Waals surface area contributed by atoms with Gasteiger partial charge in [0.15, 0.2) is 0 Å². The van der Waals surface area contributed by atoms with Gasteiger partial charge in [-0.1, -0.05) is 33.6 Å². The standard InChI is InChI=1S/C15H27N3/c1-11(2)7-14(16)15-9-17-10-18(15)13-6-4-5-12(3)8-13/h9-14H,4-8,16H2,1-3H3.